The Morgan fingerprint density at radius 3 is 2.61 bits per heavy atom. The Labute approximate surface area is 193 Å². The summed E-state index contributed by atoms with van der Waals surface area (Å²) in [4.78, 5) is 13.4. The Balaban J connectivity index is 1.40. The van der Waals surface area contributed by atoms with Crippen molar-refractivity contribution in [3.63, 3.8) is 0 Å². The molecule has 0 bridgehead atoms. The molecule has 1 N–H and O–H groups in total. The van der Waals surface area contributed by atoms with Crippen LogP contribution in [0.25, 0.3) is 22.2 Å². The van der Waals surface area contributed by atoms with Gasteiger partial charge in [0, 0.05) is 55.4 Å². The van der Waals surface area contributed by atoms with E-state index < -0.39 is 0 Å². The molecule has 0 amide bonds. The molecule has 1 fully saturated rings. The van der Waals surface area contributed by atoms with Crippen LogP contribution >= 0.6 is 0 Å². The molecule has 0 atom stereocenters. The zero-order valence-corrected chi connectivity index (χ0v) is 19.4. The molecule has 4 heterocycles. The first-order chi connectivity index (χ1) is 16.2. The van der Waals surface area contributed by atoms with Gasteiger partial charge in [-0.1, -0.05) is 6.92 Å². The summed E-state index contributed by atoms with van der Waals surface area (Å²) in [6, 6.07) is 2.42. The minimum atomic E-state index is 0.154. The zero-order valence-electron chi connectivity index (χ0n) is 19.4. The lowest BCUT2D eigenvalue weighted by atomic mass is 9.93. The van der Waals surface area contributed by atoms with E-state index in [1.807, 2.05) is 25.6 Å². The van der Waals surface area contributed by atoms with Crippen LogP contribution < -0.4 is 10.1 Å². The summed E-state index contributed by atoms with van der Waals surface area (Å²) in [7, 11) is 1.92. The Morgan fingerprint density at radius 2 is 1.88 bits per heavy atom. The van der Waals surface area contributed by atoms with Crippen molar-refractivity contribution in [2.24, 2.45) is 7.05 Å². The monoisotopic (exact) mass is 446 g/mol. The fourth-order valence-electron chi connectivity index (χ4n) is 4.61. The van der Waals surface area contributed by atoms with Gasteiger partial charge >= 0.3 is 0 Å². The van der Waals surface area contributed by atoms with Gasteiger partial charge in [-0.05, 0) is 39.0 Å². The average Bonchev–Trinajstić information content (AvgIpc) is 3.43. The van der Waals surface area contributed by atoms with E-state index in [0.717, 1.165) is 72.3 Å². The summed E-state index contributed by atoms with van der Waals surface area (Å²) >= 11 is 0. The number of hydrogen-bond donors (Lipinski definition) is 1. The Hall–Kier alpha value is -3.49. The number of ether oxygens (including phenoxy) is 1. The van der Waals surface area contributed by atoms with Gasteiger partial charge in [0.15, 0.2) is 0 Å². The second kappa shape index (κ2) is 9.17. The molecule has 1 saturated carbocycles. The molecule has 4 aromatic rings. The molecule has 0 aliphatic heterocycles. The van der Waals surface area contributed by atoms with Crippen molar-refractivity contribution < 1.29 is 4.74 Å². The number of aryl methyl sites for hydroxylation is 2. The van der Waals surface area contributed by atoms with E-state index in [4.69, 9.17) is 9.84 Å². The van der Waals surface area contributed by atoms with Crippen molar-refractivity contribution in [3.8, 4) is 17.1 Å². The molecule has 0 spiro atoms. The lowest BCUT2D eigenvalue weighted by molar-refractivity contribution is 0.124. The minimum Gasteiger partial charge on any atom is -0.473 e. The number of nitrogens with one attached hydrogen (secondary N) is 1. The van der Waals surface area contributed by atoms with Gasteiger partial charge in [-0.3, -0.25) is 14.3 Å². The van der Waals surface area contributed by atoms with E-state index in [-0.39, 0.29) is 6.10 Å². The number of nitrogens with zero attached hydrogens (tertiary/aromatic N) is 7. The molecule has 0 saturated heterocycles. The van der Waals surface area contributed by atoms with E-state index in [1.54, 1.807) is 17.1 Å². The number of aromatic nitrogens is 7. The maximum atomic E-state index is 6.24. The van der Waals surface area contributed by atoms with Gasteiger partial charge in [-0.25, -0.2) is 9.97 Å². The van der Waals surface area contributed by atoms with Crippen LogP contribution in [0.2, 0.25) is 0 Å². The standard InChI is InChI=1S/C24H30N8O/c1-4-20-24(27-11-10-26-20)33-18-8-6-17(7-9-18)32-21-12-22(25-5-2)28-14-19(21)23(30-32)16-13-29-31(3)15-16/h10-15,17-18H,4-9H2,1-3H3,(H,25,28). The van der Waals surface area contributed by atoms with E-state index in [2.05, 4.69) is 50.0 Å². The normalized spacial score (nSPS) is 18.5. The number of anilines is 1. The summed E-state index contributed by atoms with van der Waals surface area (Å²) in [5, 5.41) is 13.8. The third-order valence-electron chi connectivity index (χ3n) is 6.27. The lowest BCUT2D eigenvalue weighted by Gasteiger charge is -2.29. The molecule has 33 heavy (non-hydrogen) atoms. The van der Waals surface area contributed by atoms with Crippen LogP contribution in [-0.4, -0.2) is 47.2 Å². The summed E-state index contributed by atoms with van der Waals surface area (Å²) < 4.78 is 10.2. The Kier molecular flexibility index (Phi) is 5.93. The maximum absolute atomic E-state index is 6.24. The molecular weight excluding hydrogens is 416 g/mol. The highest BCUT2D eigenvalue weighted by molar-refractivity contribution is 5.93. The first-order valence-corrected chi connectivity index (χ1v) is 11.7. The van der Waals surface area contributed by atoms with E-state index >= 15 is 0 Å². The molecule has 0 unspecified atom stereocenters. The predicted octanol–water partition coefficient (Wildman–Crippen LogP) is 4.18. The van der Waals surface area contributed by atoms with Gasteiger partial charge in [0.2, 0.25) is 5.88 Å². The molecule has 9 heteroatoms. The maximum Gasteiger partial charge on any atom is 0.235 e. The average molecular weight is 447 g/mol. The van der Waals surface area contributed by atoms with Crippen molar-refractivity contribution in [1.29, 1.82) is 0 Å². The summed E-state index contributed by atoms with van der Waals surface area (Å²) in [5.41, 5.74) is 3.96. The Morgan fingerprint density at radius 1 is 1.06 bits per heavy atom. The zero-order chi connectivity index (χ0) is 22.8. The van der Waals surface area contributed by atoms with Crippen LogP contribution in [0.5, 0.6) is 5.88 Å². The lowest BCUT2D eigenvalue weighted by Crippen LogP contribution is -2.27. The highest BCUT2D eigenvalue weighted by Gasteiger charge is 2.27. The van der Waals surface area contributed by atoms with Crippen LogP contribution in [0.3, 0.4) is 0 Å². The van der Waals surface area contributed by atoms with Crippen LogP contribution in [-0.2, 0) is 13.5 Å². The minimum absolute atomic E-state index is 0.154. The molecule has 9 nitrogen and oxygen atoms in total. The van der Waals surface area contributed by atoms with Crippen LogP contribution in [0.15, 0.2) is 37.1 Å². The second-order valence-electron chi connectivity index (χ2n) is 8.52. The highest BCUT2D eigenvalue weighted by atomic mass is 16.5. The van der Waals surface area contributed by atoms with Crippen molar-refractivity contribution in [1.82, 2.24) is 34.5 Å². The van der Waals surface area contributed by atoms with E-state index in [0.29, 0.717) is 11.9 Å². The Bertz CT molecular complexity index is 1240. The summed E-state index contributed by atoms with van der Waals surface area (Å²) in [6.45, 7) is 4.98. The van der Waals surface area contributed by atoms with Crippen molar-refractivity contribution in [2.75, 3.05) is 11.9 Å². The number of rotatable bonds is 7. The van der Waals surface area contributed by atoms with Crippen molar-refractivity contribution in [2.45, 2.75) is 58.1 Å². The van der Waals surface area contributed by atoms with Gasteiger partial charge in [-0.15, -0.1) is 0 Å². The smallest absolute Gasteiger partial charge is 0.235 e. The largest absolute Gasteiger partial charge is 0.473 e. The summed E-state index contributed by atoms with van der Waals surface area (Å²) in [5.74, 6) is 1.55. The van der Waals surface area contributed by atoms with Crippen molar-refractivity contribution in [3.05, 3.63) is 42.7 Å². The first-order valence-electron chi connectivity index (χ1n) is 11.7. The molecule has 4 aromatic heterocycles. The third-order valence-corrected chi connectivity index (χ3v) is 6.27. The van der Waals surface area contributed by atoms with Gasteiger partial charge in [-0.2, -0.15) is 10.2 Å². The fraction of sp³-hybridized carbons (Fsp3) is 0.458. The third kappa shape index (κ3) is 4.27. The fourth-order valence-corrected chi connectivity index (χ4v) is 4.61. The van der Waals surface area contributed by atoms with Gasteiger partial charge < -0.3 is 10.1 Å². The van der Waals surface area contributed by atoms with Crippen LogP contribution in [0, 0.1) is 0 Å². The van der Waals surface area contributed by atoms with Gasteiger partial charge in [0.25, 0.3) is 0 Å². The molecular formula is C24H30N8O. The molecule has 5 rings (SSSR count). The molecule has 1 aliphatic carbocycles. The van der Waals surface area contributed by atoms with Gasteiger partial charge in [0.05, 0.1) is 17.8 Å². The number of pyridine rings is 1. The van der Waals surface area contributed by atoms with Crippen LogP contribution in [0.1, 0.15) is 51.3 Å². The molecule has 172 valence electrons. The van der Waals surface area contributed by atoms with E-state index in [9.17, 15) is 0 Å². The first kappa shape index (κ1) is 21.4. The van der Waals surface area contributed by atoms with Crippen LogP contribution in [0.4, 0.5) is 5.82 Å². The molecule has 1 aliphatic rings. The molecule has 0 radical (unpaired) electrons. The highest BCUT2D eigenvalue weighted by Crippen LogP contribution is 2.36. The predicted molar refractivity (Wildman–Crippen MR) is 127 cm³/mol. The molecule has 0 aromatic carbocycles. The van der Waals surface area contributed by atoms with Gasteiger partial charge in [0.1, 0.15) is 23.3 Å². The number of hydrogen-bond acceptors (Lipinski definition) is 7. The summed E-state index contributed by atoms with van der Waals surface area (Å²) in [6.07, 6.45) is 14.1. The SMILES string of the molecule is CCNc1cc2c(cn1)c(-c1cnn(C)c1)nn2C1CCC(Oc2nccnc2CC)CC1. The topological polar surface area (TPSA) is 95.6 Å². The number of fused-ring (bicyclic) bond motifs is 1. The second-order valence-corrected chi connectivity index (χ2v) is 8.52. The van der Waals surface area contributed by atoms with Crippen molar-refractivity contribution >= 4 is 16.7 Å². The quantitative estimate of drug-likeness (QED) is 0.455. The van der Waals surface area contributed by atoms with E-state index in [1.165, 1.54) is 0 Å².